The Morgan fingerprint density at radius 1 is 1.00 bits per heavy atom. The van der Waals surface area contributed by atoms with Crippen molar-refractivity contribution >= 4 is 23.6 Å². The van der Waals surface area contributed by atoms with Crippen LogP contribution in [0.3, 0.4) is 0 Å². The van der Waals surface area contributed by atoms with Gasteiger partial charge in [-0.2, -0.15) is 4.39 Å². The van der Waals surface area contributed by atoms with Gasteiger partial charge in [-0.05, 0) is 26.0 Å². The van der Waals surface area contributed by atoms with Crippen molar-refractivity contribution in [3.8, 4) is 17.1 Å². The average Bonchev–Trinajstić information content (AvgIpc) is 3.41. The summed E-state index contributed by atoms with van der Waals surface area (Å²) >= 11 is 0. The summed E-state index contributed by atoms with van der Waals surface area (Å²) in [6.45, 7) is 1.39. The number of ketones is 1. The maximum Gasteiger partial charge on any atom is 0.308 e. The molecule has 2 amide bonds. The highest BCUT2D eigenvalue weighted by Gasteiger charge is 2.29. The van der Waals surface area contributed by atoms with E-state index in [2.05, 4.69) is 20.5 Å². The fourth-order valence-electron chi connectivity index (χ4n) is 3.38. The molecule has 14 heteroatoms. The Balaban J connectivity index is 1.67. The molecule has 1 aromatic heterocycles. The first-order valence-corrected chi connectivity index (χ1v) is 11.6. The molecule has 0 unspecified atom stereocenters. The number of esters is 1. The Kier molecular flexibility index (Phi) is 9.59. The molecule has 0 aliphatic heterocycles. The maximum atomic E-state index is 14.1. The van der Waals surface area contributed by atoms with Crippen LogP contribution in [0.25, 0.3) is 11.3 Å². The minimum Gasteiger partial charge on any atom is -0.482 e. The SMILES string of the molecule is COC(=O)C[C@H](NC(=O)[C@H](C)NC(=O)c1cc(-c2ccccc2F)on1)C(=O)COc1c(C)c(F)cc(F)c1F. The number of benzene rings is 2. The fraction of sp³-hybridized carbons (Fsp3) is 0.269. The molecule has 10 nitrogen and oxygen atoms in total. The molecule has 0 aliphatic rings. The Morgan fingerprint density at radius 3 is 2.38 bits per heavy atom. The van der Waals surface area contributed by atoms with Gasteiger partial charge in [0.15, 0.2) is 28.8 Å². The number of carbonyl (C=O) groups is 4. The van der Waals surface area contributed by atoms with Crippen LogP contribution >= 0.6 is 0 Å². The van der Waals surface area contributed by atoms with Crippen LogP contribution in [0.1, 0.15) is 29.4 Å². The topological polar surface area (TPSA) is 137 Å². The minimum atomic E-state index is -1.57. The van der Waals surface area contributed by atoms with E-state index >= 15 is 0 Å². The second-order valence-corrected chi connectivity index (χ2v) is 8.46. The zero-order valence-corrected chi connectivity index (χ0v) is 21.3. The van der Waals surface area contributed by atoms with E-state index in [0.29, 0.717) is 6.07 Å². The van der Waals surface area contributed by atoms with Gasteiger partial charge in [-0.1, -0.05) is 17.3 Å². The summed E-state index contributed by atoms with van der Waals surface area (Å²) in [6.07, 6.45) is -0.667. The number of hydrogen-bond donors (Lipinski definition) is 2. The van der Waals surface area contributed by atoms with Crippen LogP contribution in [-0.2, 0) is 19.1 Å². The summed E-state index contributed by atoms with van der Waals surface area (Å²) in [5.74, 6) is -9.33. The van der Waals surface area contributed by atoms with Crippen molar-refractivity contribution in [1.29, 1.82) is 0 Å². The molecule has 0 aliphatic carbocycles. The minimum absolute atomic E-state index is 0.0334. The molecule has 212 valence electrons. The van der Waals surface area contributed by atoms with E-state index in [0.717, 1.165) is 20.1 Å². The largest absolute Gasteiger partial charge is 0.482 e. The molecule has 1 heterocycles. The number of hydrogen-bond acceptors (Lipinski definition) is 8. The molecule has 0 saturated carbocycles. The lowest BCUT2D eigenvalue weighted by Gasteiger charge is -2.20. The number of methoxy groups -OCH3 is 1. The van der Waals surface area contributed by atoms with Gasteiger partial charge in [-0.25, -0.2) is 13.2 Å². The molecule has 2 N–H and O–H groups in total. The lowest BCUT2D eigenvalue weighted by molar-refractivity contribution is -0.143. The van der Waals surface area contributed by atoms with E-state index < -0.39 is 83.3 Å². The van der Waals surface area contributed by atoms with Crippen LogP contribution < -0.4 is 15.4 Å². The van der Waals surface area contributed by atoms with Gasteiger partial charge in [0.25, 0.3) is 5.91 Å². The number of amides is 2. The van der Waals surface area contributed by atoms with Crippen molar-refractivity contribution in [1.82, 2.24) is 15.8 Å². The molecule has 3 aromatic rings. The summed E-state index contributed by atoms with van der Waals surface area (Å²) in [5, 5.41) is 8.12. The molecule has 40 heavy (non-hydrogen) atoms. The van der Waals surface area contributed by atoms with Crippen LogP contribution in [0.5, 0.6) is 5.75 Å². The van der Waals surface area contributed by atoms with E-state index in [1.54, 1.807) is 6.07 Å². The quantitative estimate of drug-likeness (QED) is 0.206. The van der Waals surface area contributed by atoms with Crippen molar-refractivity contribution in [2.45, 2.75) is 32.4 Å². The average molecular weight is 565 g/mol. The van der Waals surface area contributed by atoms with Crippen LogP contribution in [0.15, 0.2) is 40.9 Å². The smallest absolute Gasteiger partial charge is 0.308 e. The summed E-state index contributed by atoms with van der Waals surface area (Å²) in [4.78, 5) is 49.8. The third-order valence-corrected chi connectivity index (χ3v) is 5.65. The zero-order valence-electron chi connectivity index (χ0n) is 21.3. The Bertz CT molecular complexity index is 1420. The van der Waals surface area contributed by atoms with Gasteiger partial charge in [0.05, 0.1) is 19.1 Å². The monoisotopic (exact) mass is 565 g/mol. The fourth-order valence-corrected chi connectivity index (χ4v) is 3.38. The van der Waals surface area contributed by atoms with Gasteiger partial charge >= 0.3 is 5.97 Å². The van der Waals surface area contributed by atoms with Crippen molar-refractivity contribution in [2.24, 2.45) is 0 Å². The van der Waals surface area contributed by atoms with E-state index in [4.69, 9.17) is 9.26 Å². The van der Waals surface area contributed by atoms with E-state index in [1.807, 2.05) is 0 Å². The predicted octanol–water partition coefficient (Wildman–Crippen LogP) is 3.02. The van der Waals surface area contributed by atoms with Gasteiger partial charge in [0.2, 0.25) is 11.7 Å². The molecule has 0 saturated heterocycles. The van der Waals surface area contributed by atoms with Gasteiger partial charge in [-0.3, -0.25) is 19.2 Å². The second-order valence-electron chi connectivity index (χ2n) is 8.46. The summed E-state index contributed by atoms with van der Waals surface area (Å²) in [5.41, 5.74) is -0.613. The molecule has 2 aromatic carbocycles. The molecule has 0 fully saturated rings. The van der Waals surface area contributed by atoms with Crippen LogP contribution in [-0.4, -0.2) is 54.5 Å². The molecule has 0 radical (unpaired) electrons. The maximum absolute atomic E-state index is 14.1. The lowest BCUT2D eigenvalue weighted by Crippen LogP contribution is -2.51. The number of rotatable bonds is 11. The third kappa shape index (κ3) is 7.01. The standard InChI is InChI=1S/C26H23F4N3O7/c1-12-16(28)8-17(29)23(30)24(12)39-11-20(34)18(10-22(35)38-3)32-25(36)13(2)31-26(37)19-9-21(40-33-19)14-6-4-5-7-15(14)27/h4-9,13,18H,10-11H2,1-3H3,(H,31,37)(H,32,36)/t13-,18-/m0/s1. The molecule has 0 bridgehead atoms. The second kappa shape index (κ2) is 12.9. The van der Waals surface area contributed by atoms with Crippen molar-refractivity contribution in [3.63, 3.8) is 0 Å². The zero-order chi connectivity index (χ0) is 29.6. The number of Topliss-reactive ketones (excluding diaryl/α,β-unsaturated/α-hetero) is 1. The first-order chi connectivity index (χ1) is 18.9. The number of nitrogens with one attached hydrogen (secondary N) is 2. The third-order valence-electron chi connectivity index (χ3n) is 5.65. The lowest BCUT2D eigenvalue weighted by atomic mass is 10.1. The van der Waals surface area contributed by atoms with Gasteiger partial charge in [0.1, 0.15) is 30.3 Å². The highest BCUT2D eigenvalue weighted by molar-refractivity contribution is 5.98. The predicted molar refractivity (Wildman–Crippen MR) is 129 cm³/mol. The van der Waals surface area contributed by atoms with Crippen LogP contribution in [0.2, 0.25) is 0 Å². The Labute approximate surface area is 224 Å². The van der Waals surface area contributed by atoms with Gasteiger partial charge < -0.3 is 24.6 Å². The Hall–Kier alpha value is -4.75. The first-order valence-electron chi connectivity index (χ1n) is 11.6. The van der Waals surface area contributed by atoms with Crippen LogP contribution in [0, 0.1) is 30.2 Å². The summed E-state index contributed by atoms with van der Waals surface area (Å²) in [7, 11) is 1.03. The van der Waals surface area contributed by atoms with E-state index in [9.17, 15) is 36.7 Å². The normalized spacial score (nSPS) is 12.3. The van der Waals surface area contributed by atoms with Gasteiger partial charge in [0, 0.05) is 17.7 Å². The molecule has 0 spiro atoms. The number of ether oxygens (including phenoxy) is 2. The van der Waals surface area contributed by atoms with E-state index in [1.165, 1.54) is 25.1 Å². The number of carbonyl (C=O) groups excluding carboxylic acids is 4. The highest BCUT2D eigenvalue weighted by atomic mass is 19.2. The van der Waals surface area contributed by atoms with Crippen molar-refractivity contribution < 1.29 is 50.7 Å². The van der Waals surface area contributed by atoms with Crippen molar-refractivity contribution in [3.05, 3.63) is 70.9 Å². The number of aromatic nitrogens is 1. The van der Waals surface area contributed by atoms with Gasteiger partial charge in [-0.15, -0.1) is 0 Å². The van der Waals surface area contributed by atoms with Crippen LogP contribution in [0.4, 0.5) is 17.6 Å². The summed E-state index contributed by atoms with van der Waals surface area (Å²) in [6, 6.07) is 4.25. The van der Waals surface area contributed by atoms with Crippen molar-refractivity contribution in [2.75, 3.05) is 13.7 Å². The molecular formula is C26H23F4N3O7. The summed E-state index contributed by atoms with van der Waals surface area (Å²) < 4.78 is 69.8. The highest BCUT2D eigenvalue weighted by Crippen LogP contribution is 2.27. The van der Waals surface area contributed by atoms with E-state index in [-0.39, 0.29) is 17.0 Å². The Morgan fingerprint density at radius 2 is 1.70 bits per heavy atom. The molecular weight excluding hydrogens is 542 g/mol. The molecule has 3 rings (SSSR count). The molecule has 2 atom stereocenters. The number of halogens is 4. The first kappa shape index (κ1) is 29.8. The number of nitrogens with zero attached hydrogens (tertiary/aromatic N) is 1.